The van der Waals surface area contributed by atoms with Gasteiger partial charge in [-0.05, 0) is 19.3 Å². The molecule has 3 nitrogen and oxygen atoms in total. The van der Waals surface area contributed by atoms with Crippen LogP contribution in [0.2, 0.25) is 0 Å². The lowest BCUT2D eigenvalue weighted by molar-refractivity contribution is -0.122. The first-order valence-electron chi connectivity index (χ1n) is 5.45. The fourth-order valence-corrected chi connectivity index (χ4v) is 2.76. The van der Waals surface area contributed by atoms with Crippen molar-refractivity contribution in [1.82, 2.24) is 10.6 Å². The quantitative estimate of drug-likeness (QED) is 0.728. The van der Waals surface area contributed by atoms with Crippen LogP contribution in [0.5, 0.6) is 0 Å². The first-order valence-corrected chi connectivity index (χ1v) is 6.60. The summed E-state index contributed by atoms with van der Waals surface area (Å²) in [5, 5.41) is 6.45. The highest BCUT2D eigenvalue weighted by Crippen LogP contribution is 2.18. The summed E-state index contributed by atoms with van der Waals surface area (Å²) in [6.45, 7) is 1.05. The summed E-state index contributed by atoms with van der Waals surface area (Å²) in [6.07, 6.45) is 4.29. The molecule has 1 atom stereocenters. The van der Waals surface area contributed by atoms with Gasteiger partial charge in [0.05, 0.1) is 0 Å². The molecule has 1 saturated carbocycles. The summed E-state index contributed by atoms with van der Waals surface area (Å²) in [7, 11) is 0. The molecular formula is C10H18N2OS. The molecule has 1 heterocycles. The van der Waals surface area contributed by atoms with Crippen molar-refractivity contribution < 1.29 is 4.79 Å². The summed E-state index contributed by atoms with van der Waals surface area (Å²) in [4.78, 5) is 11.6. The molecule has 80 valence electrons. The second-order valence-electron chi connectivity index (χ2n) is 4.13. The molecule has 1 amide bonds. The predicted molar refractivity (Wildman–Crippen MR) is 59.5 cm³/mol. The Balaban J connectivity index is 1.64. The molecule has 2 N–H and O–H groups in total. The Morgan fingerprint density at radius 2 is 2.36 bits per heavy atom. The zero-order chi connectivity index (χ0) is 9.80. The Labute approximate surface area is 89.4 Å². The van der Waals surface area contributed by atoms with Crippen LogP contribution in [0.15, 0.2) is 0 Å². The van der Waals surface area contributed by atoms with Crippen molar-refractivity contribution in [3.8, 4) is 0 Å². The molecule has 0 bridgehead atoms. The molecule has 2 rings (SSSR count). The van der Waals surface area contributed by atoms with Crippen LogP contribution in [0.3, 0.4) is 0 Å². The van der Waals surface area contributed by atoms with Gasteiger partial charge in [0.15, 0.2) is 0 Å². The van der Waals surface area contributed by atoms with E-state index >= 15 is 0 Å². The van der Waals surface area contributed by atoms with E-state index in [1.165, 1.54) is 25.0 Å². The third kappa shape index (κ3) is 2.89. The van der Waals surface area contributed by atoms with E-state index in [0.29, 0.717) is 18.5 Å². The highest BCUT2D eigenvalue weighted by molar-refractivity contribution is 7.99. The summed E-state index contributed by atoms with van der Waals surface area (Å²) < 4.78 is 0. The van der Waals surface area contributed by atoms with E-state index in [2.05, 4.69) is 10.6 Å². The molecule has 1 aliphatic heterocycles. The molecule has 0 aromatic carbocycles. The van der Waals surface area contributed by atoms with Gasteiger partial charge in [-0.1, -0.05) is 0 Å². The molecule has 1 aliphatic carbocycles. The molecule has 4 heteroatoms. The van der Waals surface area contributed by atoms with Gasteiger partial charge in [-0.3, -0.25) is 4.79 Å². The molecule has 0 aromatic heterocycles. The van der Waals surface area contributed by atoms with Crippen molar-refractivity contribution in [2.45, 2.75) is 37.8 Å². The van der Waals surface area contributed by atoms with Gasteiger partial charge in [0.1, 0.15) is 0 Å². The smallest absolute Gasteiger partial charge is 0.221 e. The van der Waals surface area contributed by atoms with E-state index in [-0.39, 0.29) is 5.91 Å². The van der Waals surface area contributed by atoms with Gasteiger partial charge in [-0.2, -0.15) is 11.8 Å². The van der Waals surface area contributed by atoms with E-state index in [1.807, 2.05) is 11.8 Å². The minimum Gasteiger partial charge on any atom is -0.353 e. The summed E-state index contributed by atoms with van der Waals surface area (Å²) in [5.41, 5.74) is 0. The molecule has 2 aliphatic rings. The number of amides is 1. The van der Waals surface area contributed by atoms with Crippen molar-refractivity contribution >= 4 is 17.7 Å². The predicted octanol–water partition coefficient (Wildman–Crippen LogP) is 0.750. The number of carbonyl (C=O) groups is 1. The summed E-state index contributed by atoms with van der Waals surface area (Å²) in [5.74, 6) is 2.49. The molecule has 2 fully saturated rings. The van der Waals surface area contributed by atoms with Crippen molar-refractivity contribution in [2.75, 3.05) is 18.1 Å². The normalized spacial score (nSPS) is 28.1. The van der Waals surface area contributed by atoms with Gasteiger partial charge >= 0.3 is 0 Å². The molecule has 0 aromatic rings. The maximum absolute atomic E-state index is 11.6. The van der Waals surface area contributed by atoms with Gasteiger partial charge in [0.2, 0.25) is 5.91 Å². The fraction of sp³-hybridized carbons (Fsp3) is 0.900. The van der Waals surface area contributed by atoms with Crippen LogP contribution < -0.4 is 10.6 Å². The lowest BCUT2D eigenvalue weighted by Gasteiger charge is -2.28. The number of hydrogen-bond donors (Lipinski definition) is 2. The second kappa shape index (κ2) is 5.03. The minimum absolute atomic E-state index is 0.231. The van der Waals surface area contributed by atoms with Crippen molar-refractivity contribution in [2.24, 2.45) is 0 Å². The van der Waals surface area contributed by atoms with Crippen LogP contribution >= 0.6 is 11.8 Å². The monoisotopic (exact) mass is 214 g/mol. The average Bonchev–Trinajstić information content (AvgIpc) is 2.13. The zero-order valence-corrected chi connectivity index (χ0v) is 9.24. The number of rotatable bonds is 3. The SMILES string of the molecule is O=C(CC1CSCCN1)NC1CCC1. The van der Waals surface area contributed by atoms with Crippen LogP contribution in [0.1, 0.15) is 25.7 Å². The number of hydrogen-bond acceptors (Lipinski definition) is 3. The third-order valence-corrected chi connectivity index (χ3v) is 4.03. The van der Waals surface area contributed by atoms with E-state index in [4.69, 9.17) is 0 Å². The average molecular weight is 214 g/mol. The van der Waals surface area contributed by atoms with Crippen LogP contribution in [0.25, 0.3) is 0 Å². The molecule has 0 radical (unpaired) electrons. The zero-order valence-electron chi connectivity index (χ0n) is 8.42. The Morgan fingerprint density at radius 3 is 2.93 bits per heavy atom. The highest BCUT2D eigenvalue weighted by Gasteiger charge is 2.22. The maximum Gasteiger partial charge on any atom is 0.221 e. The Kier molecular flexibility index (Phi) is 3.70. The number of carbonyl (C=O) groups excluding carboxylic acids is 1. The van der Waals surface area contributed by atoms with Crippen LogP contribution in [-0.4, -0.2) is 36.0 Å². The van der Waals surface area contributed by atoms with Crippen LogP contribution in [-0.2, 0) is 4.79 Å². The first-order chi connectivity index (χ1) is 6.84. The minimum atomic E-state index is 0.231. The van der Waals surface area contributed by atoms with Gasteiger partial charge in [-0.15, -0.1) is 0 Å². The number of nitrogens with one attached hydrogen (secondary N) is 2. The Morgan fingerprint density at radius 1 is 1.50 bits per heavy atom. The maximum atomic E-state index is 11.6. The molecule has 1 unspecified atom stereocenters. The largest absolute Gasteiger partial charge is 0.353 e. The Hall–Kier alpha value is -0.220. The first kappa shape index (κ1) is 10.3. The molecular weight excluding hydrogens is 196 g/mol. The molecule has 14 heavy (non-hydrogen) atoms. The van der Waals surface area contributed by atoms with Crippen molar-refractivity contribution in [1.29, 1.82) is 0 Å². The van der Waals surface area contributed by atoms with E-state index in [9.17, 15) is 4.79 Å². The van der Waals surface area contributed by atoms with E-state index in [0.717, 1.165) is 12.3 Å². The second-order valence-corrected chi connectivity index (χ2v) is 5.28. The lowest BCUT2D eigenvalue weighted by Crippen LogP contribution is -2.45. The third-order valence-electron chi connectivity index (χ3n) is 2.90. The Bertz CT molecular complexity index is 200. The standard InChI is InChI=1S/C10H18N2OS/c13-10(12-8-2-1-3-8)6-9-7-14-5-4-11-9/h8-9,11H,1-7H2,(H,12,13). The summed E-state index contributed by atoms with van der Waals surface area (Å²) >= 11 is 1.94. The topological polar surface area (TPSA) is 41.1 Å². The van der Waals surface area contributed by atoms with Gasteiger partial charge in [0, 0.05) is 36.6 Å². The summed E-state index contributed by atoms with van der Waals surface area (Å²) in [6, 6.07) is 0.882. The van der Waals surface area contributed by atoms with Gasteiger partial charge in [0.25, 0.3) is 0 Å². The van der Waals surface area contributed by atoms with E-state index in [1.54, 1.807) is 0 Å². The van der Waals surface area contributed by atoms with Gasteiger partial charge < -0.3 is 10.6 Å². The van der Waals surface area contributed by atoms with Gasteiger partial charge in [-0.25, -0.2) is 0 Å². The number of thioether (sulfide) groups is 1. The molecule has 0 spiro atoms. The molecule has 1 saturated heterocycles. The van der Waals surface area contributed by atoms with E-state index < -0.39 is 0 Å². The van der Waals surface area contributed by atoms with Crippen LogP contribution in [0.4, 0.5) is 0 Å². The fourth-order valence-electron chi connectivity index (χ4n) is 1.81. The van der Waals surface area contributed by atoms with Crippen LogP contribution in [0, 0.1) is 0 Å². The lowest BCUT2D eigenvalue weighted by atomic mass is 9.93. The highest BCUT2D eigenvalue weighted by atomic mass is 32.2. The van der Waals surface area contributed by atoms with Crippen molar-refractivity contribution in [3.63, 3.8) is 0 Å². The van der Waals surface area contributed by atoms with Crippen molar-refractivity contribution in [3.05, 3.63) is 0 Å².